The maximum atomic E-state index is 12.6. The molecule has 3 aromatic rings. The van der Waals surface area contributed by atoms with Gasteiger partial charge in [0.25, 0.3) is 5.91 Å². The summed E-state index contributed by atoms with van der Waals surface area (Å²) in [7, 11) is 0. The summed E-state index contributed by atoms with van der Waals surface area (Å²) in [6, 6.07) is 7.56. The zero-order chi connectivity index (χ0) is 17.5. The Morgan fingerprint density at radius 3 is 3.00 bits per heavy atom. The molecule has 2 N–H and O–H groups in total. The number of pyridine rings is 1. The molecule has 7 nitrogen and oxygen atoms in total. The molecule has 2 aliphatic rings. The number of hydrogen-bond donors (Lipinski definition) is 2. The van der Waals surface area contributed by atoms with Crippen molar-refractivity contribution in [2.24, 2.45) is 0 Å². The van der Waals surface area contributed by atoms with E-state index in [4.69, 9.17) is 9.47 Å². The Morgan fingerprint density at radius 1 is 1.12 bits per heavy atom. The van der Waals surface area contributed by atoms with Gasteiger partial charge in [-0.25, -0.2) is 0 Å². The van der Waals surface area contributed by atoms with Crippen LogP contribution in [0.2, 0.25) is 0 Å². The van der Waals surface area contributed by atoms with Crippen LogP contribution in [0.4, 0.5) is 5.82 Å². The van der Waals surface area contributed by atoms with Gasteiger partial charge in [0, 0.05) is 17.5 Å². The fourth-order valence-corrected chi connectivity index (χ4v) is 3.40. The molecule has 1 aliphatic carbocycles. The topological polar surface area (TPSA) is 89.1 Å². The second kappa shape index (κ2) is 5.87. The fraction of sp³-hybridized carbons (Fsp3) is 0.211. The minimum atomic E-state index is -0.210. The van der Waals surface area contributed by atoms with Crippen LogP contribution in [-0.4, -0.2) is 27.9 Å². The minimum absolute atomic E-state index is 0.210. The predicted octanol–water partition coefficient (Wildman–Crippen LogP) is 2.94. The van der Waals surface area contributed by atoms with Gasteiger partial charge in [0.1, 0.15) is 5.82 Å². The van der Waals surface area contributed by atoms with E-state index in [1.54, 1.807) is 12.4 Å². The Hall–Kier alpha value is -3.35. The van der Waals surface area contributed by atoms with Crippen molar-refractivity contribution in [3.8, 4) is 22.6 Å². The van der Waals surface area contributed by atoms with Crippen LogP contribution in [0.3, 0.4) is 0 Å². The third-order valence-electron chi connectivity index (χ3n) is 4.74. The van der Waals surface area contributed by atoms with Gasteiger partial charge in [-0.2, -0.15) is 5.10 Å². The van der Waals surface area contributed by atoms with Crippen molar-refractivity contribution in [1.82, 2.24) is 15.2 Å². The first-order chi connectivity index (χ1) is 12.8. The molecule has 26 heavy (non-hydrogen) atoms. The number of aromatic amines is 1. The Kier molecular flexibility index (Phi) is 3.38. The molecule has 5 rings (SSSR count). The molecule has 3 heterocycles. The number of aryl methyl sites for hydroxylation is 2. The van der Waals surface area contributed by atoms with Crippen LogP contribution in [0.1, 0.15) is 28.0 Å². The summed E-state index contributed by atoms with van der Waals surface area (Å²) in [4.78, 5) is 17.1. The number of carbonyl (C=O) groups is 1. The maximum absolute atomic E-state index is 12.6. The smallest absolute Gasteiger partial charge is 0.258 e. The second-order valence-electron chi connectivity index (χ2n) is 6.36. The van der Waals surface area contributed by atoms with E-state index in [1.807, 2.05) is 24.3 Å². The molecular formula is C19H16N4O3. The van der Waals surface area contributed by atoms with E-state index in [2.05, 4.69) is 20.5 Å². The van der Waals surface area contributed by atoms with Crippen molar-refractivity contribution in [2.45, 2.75) is 19.3 Å². The van der Waals surface area contributed by atoms with Gasteiger partial charge in [-0.1, -0.05) is 6.07 Å². The number of aromatic nitrogens is 3. The van der Waals surface area contributed by atoms with Gasteiger partial charge in [-0.15, -0.1) is 0 Å². The predicted molar refractivity (Wildman–Crippen MR) is 94.4 cm³/mol. The van der Waals surface area contributed by atoms with E-state index in [0.717, 1.165) is 36.1 Å². The van der Waals surface area contributed by atoms with Gasteiger partial charge < -0.3 is 14.8 Å². The van der Waals surface area contributed by atoms with Crippen molar-refractivity contribution in [3.63, 3.8) is 0 Å². The first-order valence-corrected chi connectivity index (χ1v) is 8.50. The summed E-state index contributed by atoms with van der Waals surface area (Å²) < 4.78 is 10.8. The zero-order valence-electron chi connectivity index (χ0n) is 13.9. The van der Waals surface area contributed by atoms with E-state index in [9.17, 15) is 4.79 Å². The minimum Gasteiger partial charge on any atom is -0.454 e. The summed E-state index contributed by atoms with van der Waals surface area (Å²) in [5.74, 6) is 1.73. The molecule has 130 valence electrons. The number of nitrogens with one attached hydrogen (secondary N) is 2. The molecule has 0 bridgehead atoms. The molecule has 0 unspecified atom stereocenters. The number of carbonyl (C=O) groups excluding carboxylic acids is 1. The summed E-state index contributed by atoms with van der Waals surface area (Å²) in [5, 5.41) is 9.81. The average molecular weight is 348 g/mol. The van der Waals surface area contributed by atoms with E-state index in [0.29, 0.717) is 22.9 Å². The number of fused-ring (bicyclic) bond motifs is 2. The third-order valence-corrected chi connectivity index (χ3v) is 4.74. The first-order valence-electron chi connectivity index (χ1n) is 8.50. The molecule has 1 aromatic carbocycles. The Morgan fingerprint density at radius 2 is 2.04 bits per heavy atom. The van der Waals surface area contributed by atoms with Crippen molar-refractivity contribution >= 4 is 11.7 Å². The zero-order valence-corrected chi connectivity index (χ0v) is 13.9. The van der Waals surface area contributed by atoms with Crippen molar-refractivity contribution in [1.29, 1.82) is 0 Å². The lowest BCUT2D eigenvalue weighted by atomic mass is 10.1. The van der Waals surface area contributed by atoms with Crippen LogP contribution < -0.4 is 14.8 Å². The Balaban J connectivity index is 1.42. The fourth-order valence-electron chi connectivity index (χ4n) is 3.40. The number of benzene rings is 1. The summed E-state index contributed by atoms with van der Waals surface area (Å²) in [5.41, 5.74) is 4.48. The van der Waals surface area contributed by atoms with Crippen LogP contribution in [0.15, 0.2) is 36.7 Å². The van der Waals surface area contributed by atoms with Crippen molar-refractivity contribution < 1.29 is 14.3 Å². The molecule has 2 aromatic heterocycles. The molecule has 7 heteroatoms. The van der Waals surface area contributed by atoms with Gasteiger partial charge in [0.2, 0.25) is 6.79 Å². The summed E-state index contributed by atoms with van der Waals surface area (Å²) in [6.07, 6.45) is 6.38. The highest BCUT2D eigenvalue weighted by molar-refractivity contribution is 6.05. The van der Waals surface area contributed by atoms with Crippen LogP contribution in [0, 0.1) is 0 Å². The lowest BCUT2D eigenvalue weighted by Gasteiger charge is -2.08. The molecule has 0 radical (unpaired) electrons. The quantitative estimate of drug-likeness (QED) is 0.760. The first kappa shape index (κ1) is 14.9. The number of H-pyrrole nitrogens is 1. The SMILES string of the molecule is O=C(Nc1[nH]ncc1-c1ccc2c(c1)OCO2)c1cnc2c(c1)CCC2. The van der Waals surface area contributed by atoms with Crippen LogP contribution in [0.5, 0.6) is 11.5 Å². The number of hydrogen-bond acceptors (Lipinski definition) is 5. The van der Waals surface area contributed by atoms with Gasteiger partial charge >= 0.3 is 0 Å². The van der Waals surface area contributed by atoms with Crippen molar-refractivity contribution in [3.05, 3.63) is 53.5 Å². The molecule has 0 spiro atoms. The number of nitrogens with zero attached hydrogens (tertiary/aromatic N) is 2. The standard InChI is InChI=1S/C19H16N4O3/c24-19(13-6-12-2-1-3-15(12)20-8-13)22-18-14(9-21-23-18)11-4-5-16-17(7-11)26-10-25-16/h4-9H,1-3,10H2,(H2,21,22,23,24). The monoisotopic (exact) mass is 348 g/mol. The maximum Gasteiger partial charge on any atom is 0.258 e. The highest BCUT2D eigenvalue weighted by atomic mass is 16.7. The van der Waals surface area contributed by atoms with E-state index < -0.39 is 0 Å². The highest BCUT2D eigenvalue weighted by Crippen LogP contribution is 2.37. The molecule has 0 saturated heterocycles. The summed E-state index contributed by atoms with van der Waals surface area (Å²) in [6.45, 7) is 0.221. The molecule has 0 atom stereocenters. The number of amides is 1. The second-order valence-corrected chi connectivity index (χ2v) is 6.36. The average Bonchev–Trinajstić information content (AvgIpc) is 3.40. The van der Waals surface area contributed by atoms with Gasteiger partial charge in [0.05, 0.1) is 11.8 Å². The number of ether oxygens (including phenoxy) is 2. The molecule has 0 fully saturated rings. The Labute approximate surface area is 149 Å². The molecular weight excluding hydrogens is 332 g/mol. The molecule has 1 aliphatic heterocycles. The van der Waals surface area contributed by atoms with Gasteiger partial charge in [-0.3, -0.25) is 14.9 Å². The molecule has 0 saturated carbocycles. The highest BCUT2D eigenvalue weighted by Gasteiger charge is 2.19. The van der Waals surface area contributed by atoms with Crippen LogP contribution in [-0.2, 0) is 12.8 Å². The van der Waals surface area contributed by atoms with E-state index in [1.165, 1.54) is 5.56 Å². The lowest BCUT2D eigenvalue weighted by molar-refractivity contribution is 0.102. The number of anilines is 1. The van der Waals surface area contributed by atoms with E-state index >= 15 is 0 Å². The van der Waals surface area contributed by atoms with Crippen molar-refractivity contribution in [2.75, 3.05) is 12.1 Å². The van der Waals surface area contributed by atoms with Crippen LogP contribution in [0.25, 0.3) is 11.1 Å². The lowest BCUT2D eigenvalue weighted by Crippen LogP contribution is -2.13. The summed E-state index contributed by atoms with van der Waals surface area (Å²) >= 11 is 0. The molecule has 1 amide bonds. The van der Waals surface area contributed by atoms with Crippen LogP contribution >= 0.6 is 0 Å². The third kappa shape index (κ3) is 2.48. The largest absolute Gasteiger partial charge is 0.454 e. The number of rotatable bonds is 3. The van der Waals surface area contributed by atoms with Gasteiger partial charge in [0.15, 0.2) is 11.5 Å². The van der Waals surface area contributed by atoms with Gasteiger partial charge in [-0.05, 0) is 48.6 Å². The normalized spacial score (nSPS) is 14.3. The Bertz CT molecular complexity index is 1010. The van der Waals surface area contributed by atoms with E-state index in [-0.39, 0.29) is 12.7 Å².